The van der Waals surface area contributed by atoms with Gasteiger partial charge in [0.25, 0.3) is 5.91 Å². The number of nitrogens with one attached hydrogen (secondary N) is 4. The zero-order valence-corrected chi connectivity index (χ0v) is 33.1. The topological polar surface area (TPSA) is 168 Å². The fraction of sp³-hybridized carbons (Fsp3) is 0.293. The molecule has 0 spiro atoms. The lowest BCUT2D eigenvalue weighted by molar-refractivity contribution is -0.121. The molecule has 0 aliphatic carbocycles. The summed E-state index contributed by atoms with van der Waals surface area (Å²) in [5, 5.41) is 16.6. The van der Waals surface area contributed by atoms with Crippen LogP contribution in [-0.4, -0.2) is 64.9 Å². The van der Waals surface area contributed by atoms with Crippen LogP contribution >= 0.6 is 22.9 Å². The molecule has 0 saturated carbocycles. The number of H-pyrrole nitrogens is 2. The van der Waals surface area contributed by atoms with Crippen molar-refractivity contribution < 1.29 is 9.59 Å². The Hall–Kier alpha value is -5.86. The van der Waals surface area contributed by atoms with Gasteiger partial charge in [0.15, 0.2) is 5.82 Å². The number of rotatable bonds is 12. The van der Waals surface area contributed by atoms with Crippen molar-refractivity contribution in [3.63, 3.8) is 0 Å². The third-order valence-corrected chi connectivity index (χ3v) is 11.7. The molecule has 0 saturated heterocycles. The van der Waals surface area contributed by atoms with Crippen LogP contribution in [0.3, 0.4) is 0 Å². The summed E-state index contributed by atoms with van der Waals surface area (Å²) in [7, 11) is 0. The van der Waals surface area contributed by atoms with Crippen molar-refractivity contribution in [2.45, 2.75) is 65.8 Å². The highest BCUT2D eigenvalue weighted by molar-refractivity contribution is 7.15. The van der Waals surface area contributed by atoms with Gasteiger partial charge in [-0.25, -0.2) is 9.78 Å². The monoisotopic (exact) mass is 788 g/mol. The maximum Gasteiger partial charge on any atom is 0.323 e. The second-order valence-corrected chi connectivity index (χ2v) is 15.6. The van der Waals surface area contributed by atoms with Crippen molar-refractivity contribution in [2.75, 3.05) is 13.1 Å². The number of aromatic nitrogens is 7. The van der Waals surface area contributed by atoms with E-state index in [1.165, 1.54) is 4.88 Å². The van der Waals surface area contributed by atoms with Gasteiger partial charge >= 0.3 is 5.69 Å². The average Bonchev–Trinajstić information content (AvgIpc) is 3.92. The lowest BCUT2D eigenvalue weighted by atomic mass is 9.99. The summed E-state index contributed by atoms with van der Waals surface area (Å²) in [6, 6.07) is 18.4. The van der Waals surface area contributed by atoms with Crippen LogP contribution in [0.25, 0.3) is 32.8 Å². The number of hydrogen-bond acceptors (Lipinski definition) is 8. The molecule has 4 N–H and O–H groups in total. The molecule has 8 rings (SSSR count). The molecule has 286 valence electrons. The predicted octanol–water partition coefficient (Wildman–Crippen LogP) is 6.98. The summed E-state index contributed by atoms with van der Waals surface area (Å²) < 4.78 is 4.10. The molecule has 0 fully saturated rings. The summed E-state index contributed by atoms with van der Waals surface area (Å²) in [5.41, 5.74) is 8.12. The average molecular weight is 789 g/mol. The van der Waals surface area contributed by atoms with Crippen molar-refractivity contribution >= 4 is 62.5 Å². The maximum atomic E-state index is 13.3. The van der Waals surface area contributed by atoms with E-state index in [9.17, 15) is 14.4 Å². The number of nitrogens with zero attached hydrogens (tertiary/aromatic N) is 6. The number of unbranched alkanes of at least 4 members (excludes halogenated alkanes) is 2. The maximum absolute atomic E-state index is 13.3. The summed E-state index contributed by atoms with van der Waals surface area (Å²) in [6.45, 7) is 9.18. The fourth-order valence-electron chi connectivity index (χ4n) is 7.30. The molecule has 0 radical (unpaired) electrons. The van der Waals surface area contributed by atoms with Gasteiger partial charge in [-0.3, -0.25) is 23.7 Å². The van der Waals surface area contributed by atoms with Gasteiger partial charge in [0.1, 0.15) is 22.7 Å². The number of thiophene rings is 1. The molecule has 13 nitrogen and oxygen atoms in total. The number of carbonyl (C=O) groups excluding carboxylic acids is 2. The van der Waals surface area contributed by atoms with Crippen molar-refractivity contribution in [2.24, 2.45) is 4.99 Å². The lowest BCUT2D eigenvalue weighted by Gasteiger charge is -2.13. The number of amides is 2. The molecule has 0 unspecified atom stereocenters. The van der Waals surface area contributed by atoms with Crippen LogP contribution in [0, 0.1) is 20.8 Å². The Morgan fingerprint density at radius 3 is 2.45 bits per heavy atom. The first-order valence-corrected chi connectivity index (χ1v) is 19.9. The molecule has 1 aliphatic heterocycles. The minimum atomic E-state index is -0.529. The van der Waals surface area contributed by atoms with E-state index < -0.39 is 6.04 Å². The quantitative estimate of drug-likeness (QED) is 0.0976. The second-order valence-electron chi connectivity index (χ2n) is 14.0. The molecular formula is C41H41ClN10O3S. The third kappa shape index (κ3) is 7.05. The molecule has 56 heavy (non-hydrogen) atoms. The van der Waals surface area contributed by atoms with Gasteiger partial charge in [-0.15, -0.1) is 21.5 Å². The van der Waals surface area contributed by atoms with Gasteiger partial charge < -0.3 is 20.6 Å². The van der Waals surface area contributed by atoms with Gasteiger partial charge in [0.2, 0.25) is 5.91 Å². The molecule has 2 amide bonds. The zero-order chi connectivity index (χ0) is 39.1. The van der Waals surface area contributed by atoms with Gasteiger partial charge in [0, 0.05) is 51.8 Å². The van der Waals surface area contributed by atoms with Crippen LogP contribution in [0.2, 0.25) is 5.02 Å². The Labute approximate surface area is 331 Å². The number of hydrogen-bond donors (Lipinski definition) is 4. The predicted molar refractivity (Wildman–Crippen MR) is 220 cm³/mol. The van der Waals surface area contributed by atoms with E-state index in [0.717, 1.165) is 80.6 Å². The number of benzene rings is 3. The molecular weight excluding hydrogens is 748 g/mol. The van der Waals surface area contributed by atoms with Crippen LogP contribution in [0.1, 0.15) is 88.0 Å². The fourth-order valence-corrected chi connectivity index (χ4v) is 8.64. The van der Waals surface area contributed by atoms with Gasteiger partial charge in [-0.1, -0.05) is 30.7 Å². The number of fused-ring (bicyclic) bond motifs is 5. The van der Waals surface area contributed by atoms with Gasteiger partial charge in [0.05, 0.1) is 34.2 Å². The highest BCUT2D eigenvalue weighted by atomic mass is 35.5. The Kier molecular flexibility index (Phi) is 10.2. The summed E-state index contributed by atoms with van der Waals surface area (Å²) >= 11 is 7.91. The van der Waals surface area contributed by atoms with Crippen molar-refractivity contribution in [3.8, 4) is 10.7 Å². The highest BCUT2D eigenvalue weighted by Crippen LogP contribution is 2.39. The smallest absolute Gasteiger partial charge is 0.323 e. The second kappa shape index (κ2) is 15.3. The van der Waals surface area contributed by atoms with Crippen LogP contribution in [0.15, 0.2) is 70.5 Å². The number of aliphatic imine (C=N–C) groups is 1. The molecule has 15 heteroatoms. The number of aromatic amines is 2. The first kappa shape index (κ1) is 37.1. The molecule has 1 aliphatic rings. The first-order valence-electron chi connectivity index (χ1n) is 18.7. The molecule has 7 aromatic rings. The van der Waals surface area contributed by atoms with E-state index >= 15 is 0 Å². The van der Waals surface area contributed by atoms with Gasteiger partial charge in [-0.05, 0) is 94.1 Å². The summed E-state index contributed by atoms with van der Waals surface area (Å²) in [4.78, 5) is 55.0. The SMILES string of the molecule is CCc1nc2cc(C(=O)NCCCCCNC(=O)C[C@@H]3N=C(c4ccc(Cl)cc4)c4c(sc(C)c4C)-n4c(C)nnc43)ccc2n1-c1ccc2[nH]c(=O)[nH]c2c1. The standard InChI is InChI=1S/C41H41ClN10O3S/c1-5-34-45-31-19-26(11-16-33(31)52(34)28-14-15-29-30(20-28)48-41(55)47-29)39(54)44-18-8-6-7-17-43-35(53)21-32-38-50-49-24(4)51(38)40-36(22(2)23(3)56-40)37(46-32)25-9-12-27(42)13-10-25/h9-16,19-20,32H,5-8,17-18,21H2,1-4H3,(H,43,53)(H,44,54)(H2,47,48,55)/t32-/m0/s1. The minimum absolute atomic E-state index is 0.114. The summed E-state index contributed by atoms with van der Waals surface area (Å²) in [6.07, 6.45) is 3.18. The third-order valence-electron chi connectivity index (χ3n) is 10.3. The van der Waals surface area contributed by atoms with Crippen LogP contribution in [-0.2, 0) is 11.2 Å². The van der Waals surface area contributed by atoms with E-state index in [2.05, 4.69) is 49.2 Å². The molecule has 3 aromatic carbocycles. The van der Waals surface area contributed by atoms with Gasteiger partial charge in [-0.2, -0.15) is 0 Å². The molecule has 1 atom stereocenters. The van der Waals surface area contributed by atoms with Crippen molar-refractivity contribution in [1.29, 1.82) is 0 Å². The molecule has 0 bridgehead atoms. The molecule has 5 heterocycles. The first-order chi connectivity index (χ1) is 27.1. The van der Waals surface area contributed by atoms with E-state index in [0.29, 0.717) is 41.4 Å². The van der Waals surface area contributed by atoms with Crippen LogP contribution < -0.4 is 16.3 Å². The normalized spacial score (nSPS) is 13.7. The zero-order valence-electron chi connectivity index (χ0n) is 31.5. The Balaban J connectivity index is 0.859. The van der Waals surface area contributed by atoms with E-state index in [1.54, 1.807) is 11.3 Å². The largest absolute Gasteiger partial charge is 0.356 e. The summed E-state index contributed by atoms with van der Waals surface area (Å²) in [5.74, 6) is 1.97. The van der Waals surface area contributed by atoms with E-state index in [-0.39, 0.29) is 23.9 Å². The minimum Gasteiger partial charge on any atom is -0.356 e. The Morgan fingerprint density at radius 1 is 0.893 bits per heavy atom. The number of imidazole rings is 2. The number of aryl methyl sites for hydroxylation is 3. The number of halogens is 1. The molecule has 4 aromatic heterocycles. The van der Waals surface area contributed by atoms with E-state index in [4.69, 9.17) is 21.6 Å². The highest BCUT2D eigenvalue weighted by Gasteiger charge is 2.32. The van der Waals surface area contributed by atoms with E-state index in [1.807, 2.05) is 79.1 Å². The van der Waals surface area contributed by atoms with Crippen LogP contribution in [0.4, 0.5) is 0 Å². The number of carbonyl (C=O) groups is 2. The van der Waals surface area contributed by atoms with Crippen LogP contribution in [0.5, 0.6) is 0 Å². The Morgan fingerprint density at radius 2 is 1.66 bits per heavy atom. The Bertz CT molecular complexity index is 2720. The lowest BCUT2D eigenvalue weighted by Crippen LogP contribution is -2.27. The van der Waals surface area contributed by atoms with Crippen molar-refractivity contribution in [3.05, 3.63) is 121 Å². The van der Waals surface area contributed by atoms with Crippen molar-refractivity contribution in [1.82, 2.24) is 44.9 Å².